The first kappa shape index (κ1) is 22.7. The smallest absolute Gasteiger partial charge is 0.191 e. The molecule has 1 aromatic rings. The van der Waals surface area contributed by atoms with Crippen LogP contribution in [0.25, 0.3) is 0 Å². The zero-order valence-corrected chi connectivity index (χ0v) is 17.3. The second-order valence-corrected chi connectivity index (χ2v) is 7.30. The fourth-order valence-electron chi connectivity index (χ4n) is 1.88. The third-order valence-electron chi connectivity index (χ3n) is 2.98. The van der Waals surface area contributed by atoms with Gasteiger partial charge in [0, 0.05) is 32.0 Å². The monoisotopic (exact) mass is 467 g/mol. The molecule has 0 unspecified atom stereocenters. The van der Waals surface area contributed by atoms with E-state index in [0.29, 0.717) is 32.1 Å². The average molecular weight is 467 g/mol. The molecule has 0 saturated heterocycles. The predicted octanol–water partition coefficient (Wildman–Crippen LogP) is 1.97. The molecule has 0 saturated carbocycles. The first-order valence-corrected chi connectivity index (χ1v) is 9.46. The summed E-state index contributed by atoms with van der Waals surface area (Å²) < 4.78 is 27.8. The number of nitrogens with zero attached hydrogens (tertiary/aromatic N) is 1. The summed E-state index contributed by atoms with van der Waals surface area (Å²) >= 11 is 0. The molecule has 0 aliphatic heterocycles. The van der Waals surface area contributed by atoms with Crippen LogP contribution in [0.4, 0.5) is 0 Å². The van der Waals surface area contributed by atoms with E-state index in [1.165, 1.54) is 6.26 Å². The molecule has 1 aromatic carbocycles. The summed E-state index contributed by atoms with van der Waals surface area (Å²) in [5.74, 6) is 1.58. The SMILES string of the molecule is C=CCOc1ccccc1CNC(=NC)NCCCS(C)(=O)=O.I. The second kappa shape index (κ2) is 12.1. The Labute approximate surface area is 161 Å². The Morgan fingerprint density at radius 2 is 2.04 bits per heavy atom. The highest BCUT2D eigenvalue weighted by molar-refractivity contribution is 14.0. The fourth-order valence-corrected chi connectivity index (χ4v) is 2.55. The molecule has 0 aromatic heterocycles. The molecule has 0 amide bonds. The lowest BCUT2D eigenvalue weighted by molar-refractivity contribution is 0.358. The number of nitrogens with one attached hydrogen (secondary N) is 2. The van der Waals surface area contributed by atoms with Gasteiger partial charge in [0.05, 0.1) is 5.75 Å². The zero-order valence-electron chi connectivity index (χ0n) is 14.1. The van der Waals surface area contributed by atoms with Crippen molar-refractivity contribution in [2.75, 3.05) is 32.2 Å². The van der Waals surface area contributed by atoms with Crippen molar-refractivity contribution >= 4 is 39.8 Å². The van der Waals surface area contributed by atoms with Gasteiger partial charge in [0.1, 0.15) is 22.2 Å². The summed E-state index contributed by atoms with van der Waals surface area (Å²) in [6.45, 7) is 5.19. The third kappa shape index (κ3) is 9.76. The first-order valence-electron chi connectivity index (χ1n) is 7.40. The Balaban J connectivity index is 0.00000529. The van der Waals surface area contributed by atoms with Gasteiger partial charge in [-0.25, -0.2) is 8.42 Å². The molecular formula is C16H26IN3O3S. The number of hydrogen-bond donors (Lipinski definition) is 2. The third-order valence-corrected chi connectivity index (χ3v) is 4.01. The molecule has 0 bridgehead atoms. The summed E-state index contributed by atoms with van der Waals surface area (Å²) in [4.78, 5) is 4.12. The number of hydrogen-bond acceptors (Lipinski definition) is 4. The maximum atomic E-state index is 11.1. The molecule has 136 valence electrons. The van der Waals surface area contributed by atoms with Gasteiger partial charge in [-0.2, -0.15) is 0 Å². The quantitative estimate of drug-likeness (QED) is 0.191. The molecule has 0 spiro atoms. The highest BCUT2D eigenvalue weighted by atomic mass is 127. The minimum atomic E-state index is -2.92. The molecular weight excluding hydrogens is 441 g/mol. The summed E-state index contributed by atoms with van der Waals surface area (Å²) in [5.41, 5.74) is 1.01. The van der Waals surface area contributed by atoms with E-state index in [2.05, 4.69) is 22.2 Å². The molecule has 6 nitrogen and oxygen atoms in total. The molecule has 1 rings (SSSR count). The first-order chi connectivity index (χ1) is 11.0. The van der Waals surface area contributed by atoms with Crippen LogP contribution in [0.3, 0.4) is 0 Å². The van der Waals surface area contributed by atoms with Crippen molar-refractivity contribution in [3.05, 3.63) is 42.5 Å². The fraction of sp³-hybridized carbons (Fsp3) is 0.438. The van der Waals surface area contributed by atoms with Crippen molar-refractivity contribution in [2.45, 2.75) is 13.0 Å². The topological polar surface area (TPSA) is 79.8 Å². The Hall–Kier alpha value is -1.29. The molecule has 8 heteroatoms. The van der Waals surface area contributed by atoms with Crippen molar-refractivity contribution in [1.82, 2.24) is 10.6 Å². The minimum absolute atomic E-state index is 0. The van der Waals surface area contributed by atoms with Gasteiger partial charge in [-0.05, 0) is 12.5 Å². The minimum Gasteiger partial charge on any atom is -0.489 e. The number of halogens is 1. The van der Waals surface area contributed by atoms with Crippen LogP contribution in [0.1, 0.15) is 12.0 Å². The van der Waals surface area contributed by atoms with Crippen molar-refractivity contribution in [3.8, 4) is 5.75 Å². The highest BCUT2D eigenvalue weighted by Crippen LogP contribution is 2.17. The summed E-state index contributed by atoms with van der Waals surface area (Å²) in [6, 6.07) is 7.74. The van der Waals surface area contributed by atoms with Crippen LogP contribution in [0.2, 0.25) is 0 Å². The molecule has 0 aliphatic carbocycles. The van der Waals surface area contributed by atoms with E-state index in [9.17, 15) is 8.42 Å². The zero-order chi connectivity index (χ0) is 17.1. The number of guanidine groups is 1. The number of para-hydroxylation sites is 1. The molecule has 0 fully saturated rings. The van der Waals surface area contributed by atoms with Crippen LogP contribution in [0, 0.1) is 0 Å². The number of sulfone groups is 1. The van der Waals surface area contributed by atoms with Gasteiger partial charge in [0.25, 0.3) is 0 Å². The van der Waals surface area contributed by atoms with Crippen molar-refractivity contribution < 1.29 is 13.2 Å². The highest BCUT2D eigenvalue weighted by Gasteiger charge is 2.05. The predicted molar refractivity (Wildman–Crippen MR) is 110 cm³/mol. The van der Waals surface area contributed by atoms with E-state index in [1.807, 2.05) is 24.3 Å². The van der Waals surface area contributed by atoms with Crippen LogP contribution in [-0.2, 0) is 16.4 Å². The van der Waals surface area contributed by atoms with Gasteiger partial charge in [-0.3, -0.25) is 4.99 Å². The Morgan fingerprint density at radius 3 is 2.67 bits per heavy atom. The number of benzene rings is 1. The normalized spacial score (nSPS) is 11.3. The van der Waals surface area contributed by atoms with E-state index >= 15 is 0 Å². The average Bonchev–Trinajstić information content (AvgIpc) is 2.52. The Bertz CT molecular complexity index is 633. The lowest BCUT2D eigenvalue weighted by Gasteiger charge is -2.14. The molecule has 24 heavy (non-hydrogen) atoms. The molecule has 2 N–H and O–H groups in total. The van der Waals surface area contributed by atoms with Crippen LogP contribution >= 0.6 is 24.0 Å². The molecule has 0 aliphatic rings. The van der Waals surface area contributed by atoms with Crippen molar-refractivity contribution in [1.29, 1.82) is 0 Å². The Kier molecular flexibility index (Phi) is 11.5. The van der Waals surface area contributed by atoms with Crippen molar-refractivity contribution in [3.63, 3.8) is 0 Å². The van der Waals surface area contributed by atoms with Gasteiger partial charge in [-0.15, -0.1) is 24.0 Å². The summed E-state index contributed by atoms with van der Waals surface area (Å²) in [5, 5.41) is 6.28. The summed E-state index contributed by atoms with van der Waals surface area (Å²) in [7, 11) is -1.25. The van der Waals surface area contributed by atoms with Gasteiger partial charge in [-0.1, -0.05) is 30.9 Å². The van der Waals surface area contributed by atoms with E-state index in [-0.39, 0.29) is 29.7 Å². The van der Waals surface area contributed by atoms with E-state index in [0.717, 1.165) is 11.3 Å². The Morgan fingerprint density at radius 1 is 1.33 bits per heavy atom. The molecule has 0 atom stereocenters. The number of rotatable bonds is 9. The second-order valence-electron chi connectivity index (χ2n) is 5.04. The lowest BCUT2D eigenvalue weighted by atomic mass is 10.2. The van der Waals surface area contributed by atoms with Crippen LogP contribution in [0.5, 0.6) is 5.75 Å². The van der Waals surface area contributed by atoms with E-state index in [4.69, 9.17) is 4.74 Å². The van der Waals surface area contributed by atoms with Gasteiger partial charge in [0.2, 0.25) is 0 Å². The van der Waals surface area contributed by atoms with E-state index in [1.54, 1.807) is 13.1 Å². The number of ether oxygens (including phenoxy) is 1. The largest absolute Gasteiger partial charge is 0.489 e. The molecule has 0 heterocycles. The lowest BCUT2D eigenvalue weighted by Crippen LogP contribution is -2.37. The standard InChI is InChI=1S/C16H25N3O3S.HI/c1-4-11-22-15-9-6-5-8-14(15)13-19-16(17-2)18-10-7-12-23(3,20)21;/h4-6,8-9H,1,7,10-13H2,2-3H3,(H2,17,18,19);1H. The number of aliphatic imine (C=N–C) groups is 1. The van der Waals surface area contributed by atoms with E-state index < -0.39 is 9.84 Å². The van der Waals surface area contributed by atoms with Gasteiger partial charge < -0.3 is 15.4 Å². The van der Waals surface area contributed by atoms with Crippen LogP contribution in [-0.4, -0.2) is 46.6 Å². The molecule has 0 radical (unpaired) electrons. The van der Waals surface area contributed by atoms with Gasteiger partial charge >= 0.3 is 0 Å². The van der Waals surface area contributed by atoms with Crippen LogP contribution in [0.15, 0.2) is 41.9 Å². The van der Waals surface area contributed by atoms with Gasteiger partial charge in [0.15, 0.2) is 5.96 Å². The van der Waals surface area contributed by atoms with Crippen LogP contribution < -0.4 is 15.4 Å². The maximum absolute atomic E-state index is 11.1. The summed E-state index contributed by atoms with van der Waals surface area (Å²) in [6.07, 6.45) is 3.48. The maximum Gasteiger partial charge on any atom is 0.191 e. The van der Waals surface area contributed by atoms with Crippen molar-refractivity contribution in [2.24, 2.45) is 4.99 Å².